The van der Waals surface area contributed by atoms with Crippen molar-refractivity contribution in [3.63, 3.8) is 0 Å². The molecule has 0 aromatic rings. The van der Waals surface area contributed by atoms with Gasteiger partial charge < -0.3 is 10.1 Å². The maximum atomic E-state index is 12.3. The van der Waals surface area contributed by atoms with Crippen LogP contribution in [-0.2, 0) is 9.53 Å². The molecule has 0 aliphatic heterocycles. The summed E-state index contributed by atoms with van der Waals surface area (Å²) in [5, 5.41) is 2.98. The van der Waals surface area contributed by atoms with Crippen molar-refractivity contribution in [2.45, 2.75) is 44.9 Å². The van der Waals surface area contributed by atoms with Crippen LogP contribution in [-0.4, -0.2) is 55.9 Å². The molecular weight excluding hydrogens is 261 g/mol. The van der Waals surface area contributed by atoms with Crippen molar-refractivity contribution in [1.29, 1.82) is 0 Å². The second-order valence-corrected chi connectivity index (χ2v) is 4.94. The number of carbonyl (C=O) groups excluding carboxylic acids is 1. The van der Waals surface area contributed by atoms with E-state index >= 15 is 0 Å². The van der Waals surface area contributed by atoms with Gasteiger partial charge in [0, 0.05) is 6.04 Å². The topological polar surface area (TPSA) is 41.6 Å². The van der Waals surface area contributed by atoms with Crippen molar-refractivity contribution >= 4 is 5.97 Å². The molecular formula is C12H23F3N2O2. The summed E-state index contributed by atoms with van der Waals surface area (Å²) in [7, 11) is 2.66. The Bertz CT molecular complexity index is 297. The summed E-state index contributed by atoms with van der Waals surface area (Å²) in [6, 6.07) is -0.412. The van der Waals surface area contributed by atoms with E-state index in [0.717, 1.165) is 0 Å². The number of hydrogen-bond donors (Lipinski definition) is 1. The van der Waals surface area contributed by atoms with Crippen LogP contribution in [0.5, 0.6) is 0 Å². The van der Waals surface area contributed by atoms with Crippen LogP contribution in [0, 0.1) is 0 Å². The first-order chi connectivity index (χ1) is 8.55. The molecule has 7 heteroatoms. The van der Waals surface area contributed by atoms with E-state index in [1.54, 1.807) is 13.8 Å². The molecule has 0 spiro atoms. The Labute approximate surface area is 112 Å². The standard InChI is InChI=1S/C12H23F3N2O2/c1-6-16-11(3,10(18)19-5)7-9(2)17(4)8-12(13,14)15/h9,16H,6-8H2,1-5H3. The minimum Gasteiger partial charge on any atom is -0.468 e. The number of methoxy groups -OCH3 is 1. The number of nitrogens with one attached hydrogen (secondary N) is 1. The minimum absolute atomic E-state index is 0.236. The van der Waals surface area contributed by atoms with Crippen molar-refractivity contribution in [3.05, 3.63) is 0 Å². The molecule has 0 radical (unpaired) electrons. The molecule has 114 valence electrons. The predicted octanol–water partition coefficient (Wildman–Crippen LogP) is 1.80. The Morgan fingerprint density at radius 1 is 1.42 bits per heavy atom. The fraction of sp³-hybridized carbons (Fsp3) is 0.917. The lowest BCUT2D eigenvalue weighted by Gasteiger charge is -2.34. The maximum absolute atomic E-state index is 12.3. The van der Waals surface area contributed by atoms with Crippen LogP contribution in [0.1, 0.15) is 27.2 Å². The van der Waals surface area contributed by atoms with Crippen LogP contribution in [0.2, 0.25) is 0 Å². The number of ether oxygens (including phenoxy) is 1. The molecule has 0 heterocycles. The van der Waals surface area contributed by atoms with Crippen LogP contribution in [0.4, 0.5) is 13.2 Å². The van der Waals surface area contributed by atoms with E-state index in [1.807, 2.05) is 6.92 Å². The quantitative estimate of drug-likeness (QED) is 0.724. The zero-order valence-electron chi connectivity index (χ0n) is 12.1. The third-order valence-corrected chi connectivity index (χ3v) is 3.09. The van der Waals surface area contributed by atoms with E-state index in [-0.39, 0.29) is 6.42 Å². The van der Waals surface area contributed by atoms with E-state index < -0.39 is 30.3 Å². The number of halogens is 3. The molecule has 0 aliphatic rings. The van der Waals surface area contributed by atoms with Crippen molar-refractivity contribution in [3.8, 4) is 0 Å². The Morgan fingerprint density at radius 2 is 1.95 bits per heavy atom. The summed E-state index contributed by atoms with van der Waals surface area (Å²) >= 11 is 0. The summed E-state index contributed by atoms with van der Waals surface area (Å²) < 4.78 is 41.7. The first-order valence-corrected chi connectivity index (χ1v) is 6.16. The van der Waals surface area contributed by atoms with Crippen molar-refractivity contribution in [2.24, 2.45) is 0 Å². The molecule has 1 N–H and O–H groups in total. The fourth-order valence-electron chi connectivity index (χ4n) is 2.03. The average Bonchev–Trinajstić information content (AvgIpc) is 2.25. The lowest BCUT2D eigenvalue weighted by molar-refractivity contribution is -0.152. The number of carbonyl (C=O) groups is 1. The van der Waals surface area contributed by atoms with Gasteiger partial charge in [-0.15, -0.1) is 0 Å². The van der Waals surface area contributed by atoms with Crippen LogP contribution in [0.25, 0.3) is 0 Å². The van der Waals surface area contributed by atoms with Gasteiger partial charge in [0.1, 0.15) is 5.54 Å². The van der Waals surface area contributed by atoms with Gasteiger partial charge in [-0.05, 0) is 33.9 Å². The van der Waals surface area contributed by atoms with Crippen LogP contribution < -0.4 is 5.32 Å². The molecule has 4 nitrogen and oxygen atoms in total. The summed E-state index contributed by atoms with van der Waals surface area (Å²) in [6.45, 7) is 4.65. The van der Waals surface area contributed by atoms with E-state index in [0.29, 0.717) is 6.54 Å². The van der Waals surface area contributed by atoms with Gasteiger partial charge in [0.25, 0.3) is 0 Å². The van der Waals surface area contributed by atoms with Gasteiger partial charge >= 0.3 is 12.1 Å². The van der Waals surface area contributed by atoms with E-state index in [4.69, 9.17) is 4.74 Å². The molecule has 0 rings (SSSR count). The molecule has 0 fully saturated rings. The van der Waals surface area contributed by atoms with Gasteiger partial charge in [-0.1, -0.05) is 6.92 Å². The molecule has 19 heavy (non-hydrogen) atoms. The SMILES string of the molecule is CCNC(C)(CC(C)N(C)CC(F)(F)F)C(=O)OC. The lowest BCUT2D eigenvalue weighted by atomic mass is 9.93. The number of esters is 1. The number of likely N-dealkylation sites (N-methyl/N-ethyl adjacent to an activating group) is 1. The third-order valence-electron chi connectivity index (χ3n) is 3.09. The fourth-order valence-corrected chi connectivity index (χ4v) is 2.03. The maximum Gasteiger partial charge on any atom is 0.401 e. The molecule has 0 aromatic carbocycles. The normalized spacial score (nSPS) is 17.1. The monoisotopic (exact) mass is 284 g/mol. The Hall–Kier alpha value is -0.820. The Balaban J connectivity index is 4.72. The highest BCUT2D eigenvalue weighted by molar-refractivity contribution is 5.80. The molecule has 2 atom stereocenters. The van der Waals surface area contributed by atoms with Crippen molar-refractivity contribution in [1.82, 2.24) is 10.2 Å². The lowest BCUT2D eigenvalue weighted by Crippen LogP contribution is -2.54. The first-order valence-electron chi connectivity index (χ1n) is 6.16. The summed E-state index contributed by atoms with van der Waals surface area (Å²) in [4.78, 5) is 12.9. The van der Waals surface area contributed by atoms with Gasteiger partial charge in [0.15, 0.2) is 0 Å². The highest BCUT2D eigenvalue weighted by Gasteiger charge is 2.38. The van der Waals surface area contributed by atoms with E-state index in [9.17, 15) is 18.0 Å². The second kappa shape index (κ2) is 7.09. The van der Waals surface area contributed by atoms with Crippen molar-refractivity contribution in [2.75, 3.05) is 27.2 Å². The second-order valence-electron chi connectivity index (χ2n) is 4.94. The van der Waals surface area contributed by atoms with Gasteiger partial charge in [0.2, 0.25) is 0 Å². The smallest absolute Gasteiger partial charge is 0.401 e. The molecule has 0 saturated carbocycles. The number of hydrogen-bond acceptors (Lipinski definition) is 4. The third kappa shape index (κ3) is 6.24. The highest BCUT2D eigenvalue weighted by atomic mass is 19.4. The van der Waals surface area contributed by atoms with Gasteiger partial charge in [-0.25, -0.2) is 0 Å². The largest absolute Gasteiger partial charge is 0.468 e. The molecule has 0 aliphatic carbocycles. The van der Waals surface area contributed by atoms with Crippen LogP contribution in [0.3, 0.4) is 0 Å². The number of nitrogens with zero attached hydrogens (tertiary/aromatic N) is 1. The molecule has 0 amide bonds. The zero-order chi connectivity index (χ0) is 15.3. The zero-order valence-corrected chi connectivity index (χ0v) is 12.1. The minimum atomic E-state index is -4.25. The molecule has 0 aromatic heterocycles. The van der Waals surface area contributed by atoms with E-state index in [1.165, 1.54) is 19.1 Å². The average molecular weight is 284 g/mol. The number of alkyl halides is 3. The van der Waals surface area contributed by atoms with Gasteiger partial charge in [0.05, 0.1) is 13.7 Å². The Morgan fingerprint density at radius 3 is 2.32 bits per heavy atom. The Kier molecular flexibility index (Phi) is 6.79. The van der Waals surface area contributed by atoms with Crippen LogP contribution in [0.15, 0.2) is 0 Å². The molecule has 2 unspecified atom stereocenters. The predicted molar refractivity (Wildman–Crippen MR) is 66.9 cm³/mol. The summed E-state index contributed by atoms with van der Waals surface area (Å²) in [6.07, 6.45) is -4.01. The highest BCUT2D eigenvalue weighted by Crippen LogP contribution is 2.21. The first kappa shape index (κ1) is 18.2. The van der Waals surface area contributed by atoms with Crippen LogP contribution >= 0.6 is 0 Å². The van der Waals surface area contributed by atoms with Gasteiger partial charge in [-0.3, -0.25) is 9.69 Å². The molecule has 0 bridgehead atoms. The van der Waals surface area contributed by atoms with Gasteiger partial charge in [-0.2, -0.15) is 13.2 Å². The van der Waals surface area contributed by atoms with Crippen molar-refractivity contribution < 1.29 is 22.7 Å². The number of rotatable bonds is 7. The summed E-state index contributed by atoms with van der Waals surface area (Å²) in [5.74, 6) is -0.471. The van der Waals surface area contributed by atoms with E-state index in [2.05, 4.69) is 5.32 Å². The summed E-state index contributed by atoms with van der Waals surface area (Å²) in [5.41, 5.74) is -0.983. The molecule has 0 saturated heterocycles.